The molecule has 6 rings (SSSR count). The molecule has 0 spiro atoms. The Bertz CT molecular complexity index is 1470. The number of carbonyl (C=O) groups is 2. The molecule has 1 saturated heterocycles. The van der Waals surface area contributed by atoms with E-state index in [4.69, 9.17) is 0 Å². The molecule has 8 heteroatoms. The zero-order valence-corrected chi connectivity index (χ0v) is 29.8. The van der Waals surface area contributed by atoms with Crippen LogP contribution in [0.15, 0.2) is 78.5 Å². The average Bonchev–Trinajstić information content (AvgIpc) is 3.62. The van der Waals surface area contributed by atoms with Gasteiger partial charge in [-0.25, -0.2) is 0 Å². The number of nitrogens with one attached hydrogen (secondary N) is 2. The summed E-state index contributed by atoms with van der Waals surface area (Å²) in [7, 11) is 1.61. The lowest BCUT2D eigenvalue weighted by Crippen LogP contribution is -2.21. The second-order valence-corrected chi connectivity index (χ2v) is 12.7. The highest BCUT2D eigenvalue weighted by molar-refractivity contribution is 5.98. The lowest BCUT2D eigenvalue weighted by atomic mass is 9.80. The fraction of sp³-hybridized carbons (Fsp3) is 0.463. The number of likely N-dealkylation sites (tertiary alicyclic amines) is 1. The van der Waals surface area contributed by atoms with Crippen LogP contribution in [0.25, 0.3) is 11.1 Å². The molecule has 0 aromatic heterocycles. The second kappa shape index (κ2) is 19.8. The van der Waals surface area contributed by atoms with Crippen molar-refractivity contribution in [3.63, 3.8) is 0 Å². The van der Waals surface area contributed by atoms with Crippen LogP contribution >= 0.6 is 0 Å². The van der Waals surface area contributed by atoms with Gasteiger partial charge in [-0.3, -0.25) is 9.59 Å². The number of rotatable bonds is 9. The Morgan fingerprint density at radius 1 is 0.878 bits per heavy atom. The van der Waals surface area contributed by atoms with Crippen LogP contribution in [0.2, 0.25) is 0 Å². The molecule has 49 heavy (non-hydrogen) atoms. The predicted octanol–water partition coefficient (Wildman–Crippen LogP) is 11.3. The Hall–Kier alpha value is -4.07. The second-order valence-electron chi connectivity index (χ2n) is 12.7. The maximum Gasteiger partial charge on any atom is 0.416 e. The first kappa shape index (κ1) is 39.4. The number of carbonyl (C=O) groups excluding carboxylic acids is 2. The van der Waals surface area contributed by atoms with Crippen molar-refractivity contribution in [3.8, 4) is 11.1 Å². The molecule has 2 N–H and O–H groups in total. The largest absolute Gasteiger partial charge is 0.416 e. The maximum absolute atomic E-state index is 12.8. The number of ketones is 1. The van der Waals surface area contributed by atoms with E-state index in [-0.39, 0.29) is 11.8 Å². The first-order valence-corrected chi connectivity index (χ1v) is 17.9. The summed E-state index contributed by atoms with van der Waals surface area (Å²) in [6, 6.07) is 21.0. The van der Waals surface area contributed by atoms with Crippen molar-refractivity contribution in [1.82, 2.24) is 4.90 Å². The molecule has 3 aliphatic rings. The van der Waals surface area contributed by atoms with Gasteiger partial charge in [-0.15, -0.1) is 0 Å². The van der Waals surface area contributed by atoms with E-state index in [9.17, 15) is 22.8 Å². The number of Topliss-reactive ketones (excluding diaryl/α,β-unsaturated/α-hetero) is 1. The summed E-state index contributed by atoms with van der Waals surface area (Å²) in [5.74, 6) is 0.505. The maximum atomic E-state index is 12.8. The van der Waals surface area contributed by atoms with Gasteiger partial charge >= 0.3 is 6.18 Å². The van der Waals surface area contributed by atoms with Crippen LogP contribution in [0.4, 0.5) is 24.5 Å². The lowest BCUT2D eigenvalue weighted by molar-refractivity contribution is -0.138. The van der Waals surface area contributed by atoms with E-state index in [0.29, 0.717) is 23.5 Å². The molecule has 3 aromatic carbocycles. The fourth-order valence-corrected chi connectivity index (χ4v) is 5.66. The van der Waals surface area contributed by atoms with Crippen molar-refractivity contribution in [2.75, 3.05) is 30.8 Å². The minimum atomic E-state index is -4.29. The van der Waals surface area contributed by atoms with Gasteiger partial charge in [0.2, 0.25) is 6.41 Å². The van der Waals surface area contributed by atoms with Crippen molar-refractivity contribution in [3.05, 3.63) is 95.2 Å². The summed E-state index contributed by atoms with van der Waals surface area (Å²) >= 11 is 0. The summed E-state index contributed by atoms with van der Waals surface area (Å²) in [4.78, 5) is 24.0. The van der Waals surface area contributed by atoms with Crippen molar-refractivity contribution in [1.29, 1.82) is 0 Å². The van der Waals surface area contributed by atoms with Crippen molar-refractivity contribution in [2.24, 2.45) is 5.92 Å². The molecular formula is C41H54F3N3O2. The van der Waals surface area contributed by atoms with E-state index in [1.165, 1.54) is 55.7 Å². The summed E-state index contributed by atoms with van der Waals surface area (Å²) in [5, 5.41) is 6.09. The highest BCUT2D eigenvalue weighted by Crippen LogP contribution is 2.37. The normalized spacial score (nSPS) is 15.8. The zero-order valence-electron chi connectivity index (χ0n) is 29.8. The van der Waals surface area contributed by atoms with Gasteiger partial charge in [0.15, 0.2) is 5.78 Å². The smallest absolute Gasteiger partial charge is 0.388 e. The fourth-order valence-electron chi connectivity index (χ4n) is 5.66. The summed E-state index contributed by atoms with van der Waals surface area (Å²) < 4.78 is 38.5. The van der Waals surface area contributed by atoms with Crippen LogP contribution in [-0.4, -0.2) is 37.2 Å². The molecule has 1 heterocycles. The number of hydrogen-bond donors (Lipinski definition) is 2. The molecule has 1 atom stereocenters. The summed E-state index contributed by atoms with van der Waals surface area (Å²) in [6.45, 7) is 9.65. The minimum Gasteiger partial charge on any atom is -0.388 e. The Labute approximate surface area is 291 Å². The molecule has 0 bridgehead atoms. The molecule has 1 amide bonds. The molecule has 1 unspecified atom stereocenters. The predicted molar refractivity (Wildman–Crippen MR) is 197 cm³/mol. The van der Waals surface area contributed by atoms with Crippen LogP contribution in [0.3, 0.4) is 0 Å². The highest BCUT2D eigenvalue weighted by Gasteiger charge is 2.34. The third kappa shape index (κ3) is 11.8. The lowest BCUT2D eigenvalue weighted by Gasteiger charge is -2.23. The SMILES string of the molecule is CC.CCC(C)c1ccc(NC)cc1C(F)(F)F.O=C(c1ccc(-c2ccc(NC=C3CCC3)cc2)cc1)C1CCC1.O=CN1CCCC1. The molecular weight excluding hydrogens is 623 g/mol. The number of amides is 1. The van der Waals surface area contributed by atoms with E-state index < -0.39 is 11.7 Å². The molecule has 2 aliphatic carbocycles. The van der Waals surface area contributed by atoms with Crippen LogP contribution in [0, 0.1) is 5.92 Å². The van der Waals surface area contributed by atoms with Gasteiger partial charge in [-0.2, -0.15) is 13.2 Å². The monoisotopic (exact) mass is 677 g/mol. The van der Waals surface area contributed by atoms with E-state index in [1.54, 1.807) is 24.1 Å². The van der Waals surface area contributed by atoms with E-state index >= 15 is 0 Å². The van der Waals surface area contributed by atoms with Crippen LogP contribution in [0.5, 0.6) is 0 Å². The standard InChI is InChI=1S/C22H23NO.C12H16F3N.C5H9NO.C2H6/c24-22(19-5-2-6-19)20-9-7-17(8-10-20)18-11-13-21(14-12-18)23-15-16-3-1-4-16;1-4-8(2)10-6-5-9(16-3)7-11(10)12(13,14)15;7-5-6-3-1-2-4-6;1-2/h7-15,19,23H,1-6H2;5-8,16H,4H2,1-3H3;5H,1-4H2;1-2H3. The molecule has 266 valence electrons. The van der Waals surface area contributed by atoms with Gasteiger partial charge in [0, 0.05) is 49.2 Å². The highest BCUT2D eigenvalue weighted by atomic mass is 19.4. The molecule has 3 fully saturated rings. The Kier molecular flexibility index (Phi) is 15.9. The Morgan fingerprint density at radius 2 is 1.45 bits per heavy atom. The zero-order chi connectivity index (χ0) is 35.8. The molecule has 3 aromatic rings. The topological polar surface area (TPSA) is 61.4 Å². The van der Waals surface area contributed by atoms with Crippen molar-refractivity contribution < 1.29 is 22.8 Å². The number of nitrogens with zero attached hydrogens (tertiary/aromatic N) is 1. The number of benzene rings is 3. The van der Waals surface area contributed by atoms with Crippen molar-refractivity contribution in [2.45, 2.75) is 97.6 Å². The number of alkyl halides is 3. The Morgan fingerprint density at radius 3 is 1.88 bits per heavy atom. The summed E-state index contributed by atoms with van der Waals surface area (Å²) in [6.07, 6.45) is 8.97. The average molecular weight is 678 g/mol. The van der Waals surface area contributed by atoms with Gasteiger partial charge in [0.05, 0.1) is 5.56 Å². The molecule has 0 radical (unpaired) electrons. The van der Waals surface area contributed by atoms with Gasteiger partial charge in [0.25, 0.3) is 0 Å². The van der Waals surface area contributed by atoms with Gasteiger partial charge in [-0.1, -0.05) is 82.2 Å². The Balaban J connectivity index is 0.000000223. The first-order chi connectivity index (χ1) is 23.6. The molecule has 2 saturated carbocycles. The van der Waals surface area contributed by atoms with Gasteiger partial charge < -0.3 is 15.5 Å². The number of anilines is 2. The van der Waals surface area contributed by atoms with Crippen LogP contribution in [0.1, 0.15) is 113 Å². The number of hydrogen-bond acceptors (Lipinski definition) is 4. The van der Waals surface area contributed by atoms with Crippen molar-refractivity contribution >= 4 is 23.6 Å². The third-order valence-electron chi connectivity index (χ3n) is 9.38. The van der Waals surface area contributed by atoms with Crippen LogP contribution in [-0.2, 0) is 11.0 Å². The summed E-state index contributed by atoms with van der Waals surface area (Å²) in [5.41, 5.74) is 6.14. The van der Waals surface area contributed by atoms with Gasteiger partial charge in [0.1, 0.15) is 0 Å². The van der Waals surface area contributed by atoms with E-state index in [1.807, 2.05) is 39.8 Å². The van der Waals surface area contributed by atoms with Crippen LogP contribution < -0.4 is 10.6 Å². The quantitative estimate of drug-likeness (QED) is 0.175. The number of allylic oxidation sites excluding steroid dienone is 1. The van der Waals surface area contributed by atoms with Gasteiger partial charge in [-0.05, 0) is 98.2 Å². The minimum absolute atomic E-state index is 0.0810. The molecule has 1 aliphatic heterocycles. The molecule has 5 nitrogen and oxygen atoms in total. The van der Waals surface area contributed by atoms with E-state index in [0.717, 1.165) is 49.2 Å². The third-order valence-corrected chi connectivity index (χ3v) is 9.38. The number of halogens is 3. The first-order valence-electron chi connectivity index (χ1n) is 17.9. The van der Waals surface area contributed by atoms with E-state index in [2.05, 4.69) is 53.2 Å².